The monoisotopic (exact) mass is 494 g/mol. The standard InChI is InChI=1S/C21H27BrN4O3S/c1-3-28-18-9-15(11-23-26-21-24-14(2)13-30-21)17(22)10-19(18)29-12-20(27)25-16-7-5-4-6-8-16/h9-11,13,16H,3-8,12H2,1-2H3,(H,24,26)(H,25,27). The Morgan fingerprint density at radius 1 is 1.30 bits per heavy atom. The van der Waals surface area contributed by atoms with E-state index in [0.29, 0.717) is 18.1 Å². The van der Waals surface area contributed by atoms with E-state index in [1.165, 1.54) is 30.6 Å². The van der Waals surface area contributed by atoms with Gasteiger partial charge in [0.1, 0.15) is 0 Å². The molecule has 9 heteroatoms. The van der Waals surface area contributed by atoms with Gasteiger partial charge >= 0.3 is 0 Å². The van der Waals surface area contributed by atoms with Crippen LogP contribution in [0.3, 0.4) is 0 Å². The van der Waals surface area contributed by atoms with Crippen molar-refractivity contribution in [3.63, 3.8) is 0 Å². The Kier molecular flexibility index (Phi) is 8.50. The molecule has 1 amide bonds. The van der Waals surface area contributed by atoms with Gasteiger partial charge < -0.3 is 14.8 Å². The largest absolute Gasteiger partial charge is 0.490 e. The van der Waals surface area contributed by atoms with Gasteiger partial charge in [-0.1, -0.05) is 19.3 Å². The molecule has 30 heavy (non-hydrogen) atoms. The fourth-order valence-electron chi connectivity index (χ4n) is 3.25. The van der Waals surface area contributed by atoms with Crippen LogP contribution in [0.2, 0.25) is 0 Å². The third-order valence-corrected chi connectivity index (χ3v) is 6.23. The van der Waals surface area contributed by atoms with Crippen LogP contribution < -0.4 is 20.2 Å². The number of carbonyl (C=O) groups excluding carboxylic acids is 1. The van der Waals surface area contributed by atoms with Crippen LogP contribution in [0, 0.1) is 6.92 Å². The molecule has 0 bridgehead atoms. The highest BCUT2D eigenvalue weighted by Crippen LogP contribution is 2.33. The summed E-state index contributed by atoms with van der Waals surface area (Å²) in [6.45, 7) is 4.28. The van der Waals surface area contributed by atoms with Gasteiger partial charge in [-0.15, -0.1) is 11.3 Å². The average Bonchev–Trinajstić information content (AvgIpc) is 3.15. The van der Waals surface area contributed by atoms with Gasteiger partial charge in [-0.05, 0) is 54.8 Å². The molecule has 1 heterocycles. The van der Waals surface area contributed by atoms with Crippen molar-refractivity contribution in [1.82, 2.24) is 10.3 Å². The molecule has 2 N–H and O–H groups in total. The number of carbonyl (C=O) groups is 1. The normalized spacial score (nSPS) is 14.6. The van der Waals surface area contributed by atoms with E-state index in [1.54, 1.807) is 12.3 Å². The van der Waals surface area contributed by atoms with Gasteiger partial charge in [-0.3, -0.25) is 10.2 Å². The second kappa shape index (κ2) is 11.3. The molecule has 7 nitrogen and oxygen atoms in total. The average molecular weight is 495 g/mol. The van der Waals surface area contributed by atoms with Gasteiger partial charge in [0, 0.05) is 21.5 Å². The van der Waals surface area contributed by atoms with Gasteiger partial charge in [-0.25, -0.2) is 4.98 Å². The molecule has 1 aromatic carbocycles. The van der Waals surface area contributed by atoms with Gasteiger partial charge in [0.05, 0.1) is 18.5 Å². The predicted molar refractivity (Wildman–Crippen MR) is 124 cm³/mol. The SMILES string of the molecule is CCOc1cc(C=NNc2nc(C)cs2)c(Br)cc1OCC(=O)NC1CCCCC1. The molecule has 0 atom stereocenters. The fraction of sp³-hybridized carbons (Fsp3) is 0.476. The maximum atomic E-state index is 12.3. The smallest absolute Gasteiger partial charge is 0.258 e. The molecule has 1 fully saturated rings. The lowest BCUT2D eigenvalue weighted by Crippen LogP contribution is -2.39. The number of halogens is 1. The molecule has 1 aliphatic carbocycles. The number of rotatable bonds is 9. The number of ether oxygens (including phenoxy) is 2. The highest BCUT2D eigenvalue weighted by atomic mass is 79.9. The molecule has 3 rings (SSSR count). The second-order valence-corrected chi connectivity index (χ2v) is 8.82. The summed E-state index contributed by atoms with van der Waals surface area (Å²) in [4.78, 5) is 16.6. The number of hydrogen-bond donors (Lipinski definition) is 2. The number of thiazole rings is 1. The summed E-state index contributed by atoms with van der Waals surface area (Å²) in [5, 5.41) is 9.99. The van der Waals surface area contributed by atoms with Crippen molar-refractivity contribution in [2.24, 2.45) is 5.10 Å². The summed E-state index contributed by atoms with van der Waals surface area (Å²) in [5.41, 5.74) is 4.69. The van der Waals surface area contributed by atoms with Crippen molar-refractivity contribution in [3.05, 3.63) is 33.2 Å². The van der Waals surface area contributed by atoms with E-state index in [2.05, 4.69) is 36.8 Å². The van der Waals surface area contributed by atoms with E-state index in [1.807, 2.05) is 25.3 Å². The Labute approximate surface area is 189 Å². The van der Waals surface area contributed by atoms with Crippen LogP contribution in [0.4, 0.5) is 5.13 Å². The zero-order chi connectivity index (χ0) is 21.3. The zero-order valence-electron chi connectivity index (χ0n) is 17.2. The van der Waals surface area contributed by atoms with Crippen molar-refractivity contribution in [2.75, 3.05) is 18.6 Å². The minimum absolute atomic E-state index is 0.0403. The number of anilines is 1. The van der Waals surface area contributed by atoms with E-state index in [9.17, 15) is 4.79 Å². The third kappa shape index (κ3) is 6.70. The number of aryl methyl sites for hydroxylation is 1. The van der Waals surface area contributed by atoms with Gasteiger partial charge in [0.2, 0.25) is 5.13 Å². The molecule has 1 aromatic heterocycles. The molecule has 0 radical (unpaired) electrons. The van der Waals surface area contributed by atoms with Crippen LogP contribution >= 0.6 is 27.3 Å². The minimum Gasteiger partial charge on any atom is -0.490 e. The van der Waals surface area contributed by atoms with E-state index in [-0.39, 0.29) is 18.6 Å². The van der Waals surface area contributed by atoms with Crippen LogP contribution in [0.1, 0.15) is 50.3 Å². The second-order valence-electron chi connectivity index (χ2n) is 7.11. The summed E-state index contributed by atoms with van der Waals surface area (Å²) in [6, 6.07) is 3.90. The number of amides is 1. The first-order valence-electron chi connectivity index (χ1n) is 10.1. The molecule has 0 unspecified atom stereocenters. The van der Waals surface area contributed by atoms with Gasteiger partial charge in [0.15, 0.2) is 18.1 Å². The van der Waals surface area contributed by atoms with Crippen molar-refractivity contribution in [1.29, 1.82) is 0 Å². The lowest BCUT2D eigenvalue weighted by atomic mass is 9.95. The summed E-state index contributed by atoms with van der Waals surface area (Å²) >= 11 is 5.04. The van der Waals surface area contributed by atoms with E-state index >= 15 is 0 Å². The predicted octanol–water partition coefficient (Wildman–Crippen LogP) is 4.89. The Morgan fingerprint density at radius 3 is 2.77 bits per heavy atom. The van der Waals surface area contributed by atoms with Crippen molar-refractivity contribution in [2.45, 2.75) is 52.0 Å². The van der Waals surface area contributed by atoms with Crippen LogP contribution in [0.5, 0.6) is 11.5 Å². The summed E-state index contributed by atoms with van der Waals surface area (Å²) in [5.74, 6) is 0.981. The highest BCUT2D eigenvalue weighted by Gasteiger charge is 2.17. The first-order valence-corrected chi connectivity index (χ1v) is 11.8. The zero-order valence-corrected chi connectivity index (χ0v) is 19.6. The Morgan fingerprint density at radius 2 is 2.07 bits per heavy atom. The van der Waals surface area contributed by atoms with Crippen molar-refractivity contribution < 1.29 is 14.3 Å². The molecule has 0 saturated heterocycles. The number of nitrogens with one attached hydrogen (secondary N) is 2. The van der Waals surface area contributed by atoms with E-state index in [4.69, 9.17) is 9.47 Å². The maximum absolute atomic E-state index is 12.3. The van der Waals surface area contributed by atoms with Crippen LogP contribution in [-0.4, -0.2) is 36.4 Å². The first kappa shape index (κ1) is 22.6. The van der Waals surface area contributed by atoms with Gasteiger partial charge in [-0.2, -0.15) is 5.10 Å². The van der Waals surface area contributed by atoms with Crippen LogP contribution in [0.25, 0.3) is 0 Å². The topological polar surface area (TPSA) is 84.8 Å². The molecule has 1 saturated carbocycles. The molecular formula is C21H27BrN4O3S. The molecule has 0 spiro atoms. The van der Waals surface area contributed by atoms with E-state index in [0.717, 1.165) is 33.7 Å². The van der Waals surface area contributed by atoms with E-state index < -0.39 is 0 Å². The quantitative estimate of drug-likeness (QED) is 0.383. The molecule has 162 valence electrons. The number of hydrogen-bond acceptors (Lipinski definition) is 7. The lowest BCUT2D eigenvalue weighted by molar-refractivity contribution is -0.124. The summed E-state index contributed by atoms with van der Waals surface area (Å²) in [6.07, 6.45) is 7.38. The number of nitrogens with zero attached hydrogens (tertiary/aromatic N) is 2. The third-order valence-electron chi connectivity index (χ3n) is 4.67. The fourth-order valence-corrected chi connectivity index (χ4v) is 4.31. The minimum atomic E-state index is -0.103. The molecular weight excluding hydrogens is 468 g/mol. The van der Waals surface area contributed by atoms with Crippen LogP contribution in [-0.2, 0) is 4.79 Å². The Hall–Kier alpha value is -2.13. The highest BCUT2D eigenvalue weighted by molar-refractivity contribution is 9.10. The molecule has 0 aliphatic heterocycles. The Bertz CT molecular complexity index is 881. The van der Waals surface area contributed by atoms with Gasteiger partial charge in [0.25, 0.3) is 5.91 Å². The Balaban J connectivity index is 1.62. The van der Waals surface area contributed by atoms with Crippen LogP contribution in [0.15, 0.2) is 27.1 Å². The number of aromatic nitrogens is 1. The molecule has 1 aliphatic rings. The first-order chi connectivity index (χ1) is 14.5. The van der Waals surface area contributed by atoms with Crippen molar-refractivity contribution >= 4 is 44.5 Å². The number of hydrazone groups is 1. The summed E-state index contributed by atoms with van der Waals surface area (Å²) in [7, 11) is 0. The molecule has 2 aromatic rings. The number of benzene rings is 1. The summed E-state index contributed by atoms with van der Waals surface area (Å²) < 4.78 is 12.3. The lowest BCUT2D eigenvalue weighted by Gasteiger charge is -2.22. The van der Waals surface area contributed by atoms with Crippen molar-refractivity contribution in [3.8, 4) is 11.5 Å². The maximum Gasteiger partial charge on any atom is 0.258 e.